The first-order valence-electron chi connectivity index (χ1n) is 9.16. The van der Waals surface area contributed by atoms with Gasteiger partial charge >= 0.3 is 0 Å². The molecule has 0 aromatic heterocycles. The van der Waals surface area contributed by atoms with Gasteiger partial charge in [0.15, 0.2) is 5.78 Å². The lowest BCUT2D eigenvalue weighted by molar-refractivity contribution is -0.120. The maximum atomic E-state index is 11.7. The van der Waals surface area contributed by atoms with E-state index in [0.29, 0.717) is 36.5 Å². The number of carbonyl (C=O) groups is 1. The number of ketones is 1. The van der Waals surface area contributed by atoms with Crippen LogP contribution in [0.4, 0.5) is 0 Å². The first-order chi connectivity index (χ1) is 10.6. The Labute approximate surface area is 132 Å². The van der Waals surface area contributed by atoms with E-state index in [1.807, 2.05) is 6.08 Å². The summed E-state index contributed by atoms with van der Waals surface area (Å²) in [4.78, 5) is 11.7. The van der Waals surface area contributed by atoms with Gasteiger partial charge in [-0.1, -0.05) is 12.5 Å². The summed E-state index contributed by atoms with van der Waals surface area (Å²) in [5.41, 5.74) is 1.26. The van der Waals surface area contributed by atoms with Crippen LogP contribution in [0.15, 0.2) is 11.6 Å². The minimum Gasteiger partial charge on any atom is -0.393 e. The smallest absolute Gasteiger partial charge is 0.155 e. The molecule has 3 saturated carbocycles. The van der Waals surface area contributed by atoms with Crippen molar-refractivity contribution in [3.63, 3.8) is 0 Å². The molecule has 3 nitrogen and oxygen atoms in total. The molecule has 0 spiro atoms. The van der Waals surface area contributed by atoms with Crippen LogP contribution in [0.2, 0.25) is 0 Å². The number of hydrogen-bond donors (Lipinski definition) is 2. The van der Waals surface area contributed by atoms with Gasteiger partial charge in [0.1, 0.15) is 0 Å². The molecular formula is C19H28O3. The zero-order valence-corrected chi connectivity index (χ0v) is 13.5. The standard InChI is InChI=1S/C19H28O3/c1-2-19-8-7-14-13-4-3-12(20)9-11(13)10-16(21)18(14)15(19)5-6-17(19)22/h9,13-18,21-22H,2-8,10H2,1H3/t13-,14+,15-,16-,17-,18+,19-/m0/s1. The van der Waals surface area contributed by atoms with Crippen molar-refractivity contribution in [1.29, 1.82) is 0 Å². The molecule has 0 unspecified atom stereocenters. The third kappa shape index (κ3) is 1.91. The van der Waals surface area contributed by atoms with Crippen LogP contribution in [-0.4, -0.2) is 28.2 Å². The van der Waals surface area contributed by atoms with E-state index in [1.165, 1.54) is 5.57 Å². The largest absolute Gasteiger partial charge is 0.393 e. The molecule has 7 atom stereocenters. The summed E-state index contributed by atoms with van der Waals surface area (Å²) in [6, 6.07) is 0. The van der Waals surface area contributed by atoms with E-state index >= 15 is 0 Å². The molecule has 2 N–H and O–H groups in total. The van der Waals surface area contributed by atoms with E-state index in [-0.39, 0.29) is 23.4 Å². The molecule has 0 aromatic rings. The Balaban J connectivity index is 1.68. The van der Waals surface area contributed by atoms with E-state index in [0.717, 1.165) is 38.5 Å². The molecule has 0 aliphatic heterocycles. The van der Waals surface area contributed by atoms with Gasteiger partial charge in [0.2, 0.25) is 0 Å². The lowest BCUT2D eigenvalue weighted by Crippen LogP contribution is -2.53. The summed E-state index contributed by atoms with van der Waals surface area (Å²) in [7, 11) is 0. The number of fused-ring (bicyclic) bond motifs is 5. The van der Waals surface area contributed by atoms with Crippen LogP contribution in [0.5, 0.6) is 0 Å². The Morgan fingerprint density at radius 2 is 2.05 bits per heavy atom. The summed E-state index contributed by atoms with van der Waals surface area (Å²) >= 11 is 0. The van der Waals surface area contributed by atoms with Crippen molar-refractivity contribution < 1.29 is 15.0 Å². The molecule has 4 aliphatic carbocycles. The monoisotopic (exact) mass is 304 g/mol. The number of aliphatic hydroxyl groups excluding tert-OH is 2. The van der Waals surface area contributed by atoms with Gasteiger partial charge < -0.3 is 10.2 Å². The Kier molecular flexibility index (Phi) is 3.50. The molecule has 3 fully saturated rings. The van der Waals surface area contributed by atoms with Gasteiger partial charge in [-0.05, 0) is 80.1 Å². The highest BCUT2D eigenvalue weighted by molar-refractivity contribution is 5.91. The van der Waals surface area contributed by atoms with Gasteiger partial charge in [0.25, 0.3) is 0 Å². The van der Waals surface area contributed by atoms with Crippen molar-refractivity contribution in [2.45, 2.75) is 70.5 Å². The molecule has 4 rings (SSSR count). The maximum absolute atomic E-state index is 11.7. The predicted octanol–water partition coefficient (Wildman–Crippen LogP) is 2.85. The molecule has 0 heterocycles. The molecule has 22 heavy (non-hydrogen) atoms. The van der Waals surface area contributed by atoms with Crippen molar-refractivity contribution in [1.82, 2.24) is 0 Å². The molecule has 0 amide bonds. The predicted molar refractivity (Wildman–Crippen MR) is 84.1 cm³/mol. The van der Waals surface area contributed by atoms with Crippen LogP contribution in [-0.2, 0) is 4.79 Å². The Morgan fingerprint density at radius 3 is 2.82 bits per heavy atom. The fourth-order valence-corrected chi connectivity index (χ4v) is 6.66. The molecule has 0 saturated heterocycles. The normalized spacial score (nSPS) is 50.9. The minimum absolute atomic E-state index is 0.0495. The number of rotatable bonds is 1. The lowest BCUT2D eigenvalue weighted by atomic mass is 9.50. The first kappa shape index (κ1) is 14.9. The van der Waals surface area contributed by atoms with E-state index in [4.69, 9.17) is 0 Å². The van der Waals surface area contributed by atoms with Gasteiger partial charge in [-0.25, -0.2) is 0 Å². The Morgan fingerprint density at radius 1 is 1.23 bits per heavy atom. The van der Waals surface area contributed by atoms with E-state index in [2.05, 4.69) is 6.92 Å². The fraction of sp³-hybridized carbons (Fsp3) is 0.842. The van der Waals surface area contributed by atoms with Gasteiger partial charge in [0, 0.05) is 6.42 Å². The van der Waals surface area contributed by atoms with E-state index < -0.39 is 0 Å². The zero-order valence-electron chi connectivity index (χ0n) is 13.5. The molecule has 0 bridgehead atoms. The molecule has 4 aliphatic rings. The van der Waals surface area contributed by atoms with Gasteiger partial charge in [0.05, 0.1) is 12.2 Å². The van der Waals surface area contributed by atoms with Crippen molar-refractivity contribution in [3.05, 3.63) is 11.6 Å². The quantitative estimate of drug-likeness (QED) is 0.783. The van der Waals surface area contributed by atoms with Crippen LogP contribution in [0.25, 0.3) is 0 Å². The third-order valence-electron chi connectivity index (χ3n) is 7.64. The average Bonchev–Trinajstić information content (AvgIpc) is 2.84. The summed E-state index contributed by atoms with van der Waals surface area (Å²) in [6.07, 6.45) is 8.88. The zero-order chi connectivity index (χ0) is 15.5. The highest BCUT2D eigenvalue weighted by Crippen LogP contribution is 2.63. The third-order valence-corrected chi connectivity index (χ3v) is 7.64. The second-order valence-electron chi connectivity index (χ2n) is 8.17. The molecule has 122 valence electrons. The average molecular weight is 304 g/mol. The number of hydrogen-bond acceptors (Lipinski definition) is 3. The van der Waals surface area contributed by atoms with Crippen molar-refractivity contribution in [2.75, 3.05) is 0 Å². The van der Waals surface area contributed by atoms with Crippen molar-refractivity contribution in [3.8, 4) is 0 Å². The van der Waals surface area contributed by atoms with Crippen LogP contribution in [0.1, 0.15) is 58.3 Å². The van der Waals surface area contributed by atoms with Crippen molar-refractivity contribution in [2.24, 2.45) is 29.1 Å². The van der Waals surface area contributed by atoms with Gasteiger partial charge in [-0.15, -0.1) is 0 Å². The van der Waals surface area contributed by atoms with Crippen LogP contribution in [0.3, 0.4) is 0 Å². The summed E-state index contributed by atoms with van der Waals surface area (Å²) in [5, 5.41) is 21.4. The highest BCUT2D eigenvalue weighted by atomic mass is 16.3. The fourth-order valence-electron chi connectivity index (χ4n) is 6.66. The van der Waals surface area contributed by atoms with Crippen molar-refractivity contribution >= 4 is 5.78 Å². The summed E-state index contributed by atoms with van der Waals surface area (Å²) in [6.45, 7) is 2.21. The summed E-state index contributed by atoms with van der Waals surface area (Å²) < 4.78 is 0. The van der Waals surface area contributed by atoms with Crippen LogP contribution >= 0.6 is 0 Å². The van der Waals surface area contributed by atoms with E-state index in [9.17, 15) is 15.0 Å². The Hall–Kier alpha value is -0.670. The topological polar surface area (TPSA) is 57.5 Å². The molecule has 0 radical (unpaired) electrons. The second-order valence-corrected chi connectivity index (χ2v) is 8.17. The SMILES string of the molecule is CC[C@]12CC[C@H]3[C@@H]([C@@H](O)CC4=CC(=O)CC[C@@H]43)[C@@H]1CC[C@@H]2O. The highest BCUT2D eigenvalue weighted by Gasteiger charge is 2.59. The van der Waals surface area contributed by atoms with Gasteiger partial charge in [-0.2, -0.15) is 0 Å². The molecular weight excluding hydrogens is 276 g/mol. The van der Waals surface area contributed by atoms with Gasteiger partial charge in [-0.3, -0.25) is 4.79 Å². The molecule has 0 aromatic carbocycles. The van der Waals surface area contributed by atoms with E-state index in [1.54, 1.807) is 0 Å². The minimum atomic E-state index is -0.320. The van der Waals surface area contributed by atoms with Crippen LogP contribution < -0.4 is 0 Å². The summed E-state index contributed by atoms with van der Waals surface area (Å²) in [5.74, 6) is 2.09. The van der Waals surface area contributed by atoms with Crippen LogP contribution in [0, 0.1) is 29.1 Å². The second kappa shape index (κ2) is 5.17. The first-order valence-corrected chi connectivity index (χ1v) is 9.16. The molecule has 3 heteroatoms. The number of carbonyl (C=O) groups excluding carboxylic acids is 1. The maximum Gasteiger partial charge on any atom is 0.155 e. The lowest BCUT2D eigenvalue weighted by Gasteiger charge is -2.55. The Bertz CT molecular complexity index is 511. The number of aliphatic hydroxyl groups is 2.